The van der Waals surface area contributed by atoms with E-state index in [1.54, 1.807) is 19.1 Å². The summed E-state index contributed by atoms with van der Waals surface area (Å²) in [5.74, 6) is 0.397. The van der Waals surface area contributed by atoms with E-state index in [9.17, 15) is 4.79 Å². The monoisotopic (exact) mass is 292 g/mol. The summed E-state index contributed by atoms with van der Waals surface area (Å²) in [6.07, 6.45) is 0. The van der Waals surface area contributed by atoms with Crippen LogP contribution in [0.25, 0.3) is 0 Å². The number of anilines is 1. The van der Waals surface area contributed by atoms with E-state index in [1.807, 2.05) is 24.6 Å². The maximum absolute atomic E-state index is 11.8. The van der Waals surface area contributed by atoms with Gasteiger partial charge in [0.15, 0.2) is 5.16 Å². The fraction of sp³-hybridized carbons (Fsp3) is 0.308. The van der Waals surface area contributed by atoms with E-state index in [-0.39, 0.29) is 0 Å². The summed E-state index contributed by atoms with van der Waals surface area (Å²) in [5, 5.41) is 8.77. The summed E-state index contributed by atoms with van der Waals surface area (Å²) in [6.45, 7) is 3.95. The second-order valence-electron chi connectivity index (χ2n) is 4.13. The molecule has 1 heterocycles. The molecule has 0 aliphatic carbocycles. The highest BCUT2D eigenvalue weighted by Gasteiger charge is 2.16. The van der Waals surface area contributed by atoms with Crippen LogP contribution in [0.5, 0.6) is 0 Å². The first kappa shape index (κ1) is 14.4. The first-order valence-electron chi connectivity index (χ1n) is 6.14. The molecule has 6 nitrogen and oxygen atoms in total. The summed E-state index contributed by atoms with van der Waals surface area (Å²) < 4.78 is 6.84. The van der Waals surface area contributed by atoms with Crippen LogP contribution >= 0.6 is 11.8 Å². The molecule has 0 spiro atoms. The van der Waals surface area contributed by atoms with Gasteiger partial charge in [-0.25, -0.2) is 4.79 Å². The summed E-state index contributed by atoms with van der Waals surface area (Å²) in [4.78, 5) is 12.6. The zero-order valence-corrected chi connectivity index (χ0v) is 12.4. The first-order valence-corrected chi connectivity index (χ1v) is 6.95. The van der Waals surface area contributed by atoms with Crippen molar-refractivity contribution in [2.75, 3.05) is 12.3 Å². The molecular weight excluding hydrogens is 276 g/mol. The van der Waals surface area contributed by atoms with Crippen LogP contribution in [-0.2, 0) is 11.8 Å². The average Bonchev–Trinajstić information content (AvgIpc) is 2.73. The Balaban J connectivity index is 2.31. The predicted molar refractivity (Wildman–Crippen MR) is 76.7 cm³/mol. The Morgan fingerprint density at radius 1 is 1.45 bits per heavy atom. The Morgan fingerprint density at radius 3 is 2.80 bits per heavy atom. The van der Waals surface area contributed by atoms with Gasteiger partial charge in [-0.3, -0.25) is 0 Å². The molecule has 0 aliphatic rings. The summed E-state index contributed by atoms with van der Waals surface area (Å²) in [6, 6.07) is 5.26. The van der Waals surface area contributed by atoms with E-state index in [0.717, 1.165) is 15.9 Å². The number of hydrogen-bond donors (Lipinski definition) is 1. The summed E-state index contributed by atoms with van der Waals surface area (Å²) in [5.41, 5.74) is 6.81. The van der Waals surface area contributed by atoms with Gasteiger partial charge in [0.1, 0.15) is 5.82 Å². The quantitative estimate of drug-likeness (QED) is 0.686. The van der Waals surface area contributed by atoms with Crippen LogP contribution in [0.15, 0.2) is 28.3 Å². The zero-order chi connectivity index (χ0) is 14.7. The highest BCUT2D eigenvalue weighted by Crippen LogP contribution is 2.32. The van der Waals surface area contributed by atoms with Gasteiger partial charge in [-0.1, -0.05) is 6.07 Å². The average molecular weight is 292 g/mol. The van der Waals surface area contributed by atoms with Gasteiger partial charge in [0, 0.05) is 11.9 Å². The third-order valence-corrected chi connectivity index (χ3v) is 3.93. The lowest BCUT2D eigenvalue weighted by atomic mass is 10.2. The fourth-order valence-electron chi connectivity index (χ4n) is 1.59. The molecule has 2 N–H and O–H groups in total. The minimum atomic E-state index is -0.415. The molecule has 0 radical (unpaired) electrons. The largest absolute Gasteiger partial charge is 0.462 e. The molecule has 2 aromatic rings. The number of nitrogen functional groups attached to an aromatic ring is 1. The maximum atomic E-state index is 11.8. The number of para-hydroxylation sites is 1. The zero-order valence-electron chi connectivity index (χ0n) is 11.6. The number of esters is 1. The SMILES string of the molecule is CCOC(=O)c1cccc(Sc2nnc(C)n2C)c1N. The lowest BCUT2D eigenvalue weighted by Crippen LogP contribution is -2.08. The molecule has 0 aliphatic heterocycles. The van der Waals surface area contributed by atoms with Crippen LogP contribution in [0, 0.1) is 6.92 Å². The van der Waals surface area contributed by atoms with E-state index in [0.29, 0.717) is 17.9 Å². The Bertz CT molecular complexity index is 639. The number of aromatic nitrogens is 3. The lowest BCUT2D eigenvalue weighted by molar-refractivity contribution is 0.0527. The summed E-state index contributed by atoms with van der Waals surface area (Å²) in [7, 11) is 1.88. The Morgan fingerprint density at radius 2 is 2.20 bits per heavy atom. The standard InChI is InChI=1S/C13H16N4O2S/c1-4-19-12(18)9-6-5-7-10(11(9)14)20-13-16-15-8(2)17(13)3/h5-7H,4,14H2,1-3H3. The fourth-order valence-corrected chi connectivity index (χ4v) is 2.51. The molecule has 0 amide bonds. The van der Waals surface area contributed by atoms with Crippen LogP contribution in [-0.4, -0.2) is 27.3 Å². The van der Waals surface area contributed by atoms with E-state index in [1.165, 1.54) is 11.8 Å². The molecule has 20 heavy (non-hydrogen) atoms. The lowest BCUT2D eigenvalue weighted by Gasteiger charge is -2.09. The Hall–Kier alpha value is -2.02. The molecular formula is C13H16N4O2S. The molecule has 0 unspecified atom stereocenters. The number of benzene rings is 1. The van der Waals surface area contributed by atoms with Crippen molar-refractivity contribution in [1.29, 1.82) is 0 Å². The van der Waals surface area contributed by atoms with Gasteiger partial charge in [-0.2, -0.15) is 0 Å². The van der Waals surface area contributed by atoms with Crippen LogP contribution in [0.4, 0.5) is 5.69 Å². The second-order valence-corrected chi connectivity index (χ2v) is 5.14. The third kappa shape index (κ3) is 2.77. The Labute approximate surface area is 121 Å². The van der Waals surface area contributed by atoms with Crippen LogP contribution in [0.3, 0.4) is 0 Å². The van der Waals surface area contributed by atoms with Gasteiger partial charge in [-0.15, -0.1) is 10.2 Å². The molecule has 2 rings (SSSR count). The van der Waals surface area contributed by atoms with Gasteiger partial charge in [-0.05, 0) is 37.7 Å². The van der Waals surface area contributed by atoms with Crippen molar-refractivity contribution in [2.24, 2.45) is 7.05 Å². The first-order chi connectivity index (χ1) is 9.54. The van der Waals surface area contributed by atoms with Crippen molar-refractivity contribution >= 4 is 23.4 Å². The number of nitrogens with zero attached hydrogens (tertiary/aromatic N) is 3. The number of carbonyl (C=O) groups excluding carboxylic acids is 1. The van der Waals surface area contributed by atoms with Crippen molar-refractivity contribution in [1.82, 2.24) is 14.8 Å². The number of nitrogens with two attached hydrogens (primary N) is 1. The maximum Gasteiger partial charge on any atom is 0.340 e. The van der Waals surface area contributed by atoms with Crippen molar-refractivity contribution in [2.45, 2.75) is 23.9 Å². The number of hydrogen-bond acceptors (Lipinski definition) is 6. The number of rotatable bonds is 4. The van der Waals surface area contributed by atoms with Crippen molar-refractivity contribution in [3.8, 4) is 0 Å². The predicted octanol–water partition coefficient (Wildman–Crippen LogP) is 2.03. The molecule has 0 fully saturated rings. The van der Waals surface area contributed by atoms with E-state index in [4.69, 9.17) is 10.5 Å². The van der Waals surface area contributed by atoms with Gasteiger partial charge < -0.3 is 15.0 Å². The second kappa shape index (κ2) is 5.96. The molecule has 0 bridgehead atoms. The Kier molecular flexibility index (Phi) is 4.29. The van der Waals surface area contributed by atoms with E-state index < -0.39 is 5.97 Å². The third-order valence-electron chi connectivity index (χ3n) is 2.82. The van der Waals surface area contributed by atoms with Gasteiger partial charge in [0.05, 0.1) is 17.9 Å². The van der Waals surface area contributed by atoms with Gasteiger partial charge in [0.25, 0.3) is 0 Å². The summed E-state index contributed by atoms with van der Waals surface area (Å²) >= 11 is 1.37. The van der Waals surface area contributed by atoms with E-state index >= 15 is 0 Å². The van der Waals surface area contributed by atoms with Crippen LogP contribution in [0.1, 0.15) is 23.1 Å². The molecule has 1 aromatic heterocycles. The molecule has 7 heteroatoms. The normalized spacial score (nSPS) is 10.6. The molecule has 0 saturated carbocycles. The number of ether oxygens (including phenoxy) is 1. The minimum Gasteiger partial charge on any atom is -0.462 e. The smallest absolute Gasteiger partial charge is 0.340 e. The van der Waals surface area contributed by atoms with Gasteiger partial charge >= 0.3 is 5.97 Å². The van der Waals surface area contributed by atoms with Crippen LogP contribution < -0.4 is 5.73 Å². The highest BCUT2D eigenvalue weighted by molar-refractivity contribution is 7.99. The molecule has 1 aromatic carbocycles. The minimum absolute atomic E-state index is 0.318. The van der Waals surface area contributed by atoms with Crippen molar-refractivity contribution < 1.29 is 9.53 Å². The van der Waals surface area contributed by atoms with Crippen molar-refractivity contribution in [3.05, 3.63) is 29.6 Å². The van der Waals surface area contributed by atoms with Gasteiger partial charge in [0.2, 0.25) is 0 Å². The number of aryl methyl sites for hydroxylation is 1. The van der Waals surface area contributed by atoms with E-state index in [2.05, 4.69) is 10.2 Å². The van der Waals surface area contributed by atoms with Crippen molar-refractivity contribution in [3.63, 3.8) is 0 Å². The highest BCUT2D eigenvalue weighted by atomic mass is 32.2. The topological polar surface area (TPSA) is 83.0 Å². The molecule has 106 valence electrons. The van der Waals surface area contributed by atoms with Crippen LogP contribution in [0.2, 0.25) is 0 Å². The number of carbonyl (C=O) groups is 1. The molecule has 0 atom stereocenters. The molecule has 0 saturated heterocycles.